The normalized spacial score (nSPS) is 12.2. The lowest BCUT2D eigenvalue weighted by molar-refractivity contribution is 0.0443. The molecule has 3 nitrogen and oxygen atoms in total. The minimum atomic E-state index is -0.439. The lowest BCUT2D eigenvalue weighted by atomic mass is 10.0. The van der Waals surface area contributed by atoms with Crippen molar-refractivity contribution in [3.63, 3.8) is 0 Å². The number of esters is 1. The summed E-state index contributed by atoms with van der Waals surface area (Å²) < 4.78 is 5.08. The highest BCUT2D eigenvalue weighted by Gasteiger charge is 2.11. The van der Waals surface area contributed by atoms with E-state index in [1.807, 2.05) is 26.0 Å². The molecule has 0 saturated carbocycles. The summed E-state index contributed by atoms with van der Waals surface area (Å²) in [6, 6.07) is 5.56. The Hall–Kier alpha value is -1.35. The lowest BCUT2D eigenvalue weighted by Gasteiger charge is -2.09. The molecule has 0 spiro atoms. The molecule has 0 bridgehead atoms. The van der Waals surface area contributed by atoms with Gasteiger partial charge in [0.05, 0.1) is 18.3 Å². The summed E-state index contributed by atoms with van der Waals surface area (Å²) >= 11 is 0. The van der Waals surface area contributed by atoms with Gasteiger partial charge in [0.1, 0.15) is 0 Å². The van der Waals surface area contributed by atoms with Crippen LogP contribution in [0.4, 0.5) is 0 Å². The van der Waals surface area contributed by atoms with E-state index in [0.29, 0.717) is 12.0 Å². The number of ether oxygens (including phenoxy) is 1. The molecule has 3 heteroatoms. The number of aliphatic hydroxyl groups excluding tert-OH is 1. The first-order chi connectivity index (χ1) is 7.52. The third-order valence-corrected chi connectivity index (χ3v) is 2.59. The van der Waals surface area contributed by atoms with Gasteiger partial charge in [-0.1, -0.05) is 12.1 Å². The highest BCUT2D eigenvalue weighted by molar-refractivity contribution is 5.91. The van der Waals surface area contributed by atoms with Crippen LogP contribution in [0.5, 0.6) is 0 Å². The Morgan fingerprint density at radius 2 is 2.12 bits per heavy atom. The van der Waals surface area contributed by atoms with E-state index in [0.717, 1.165) is 11.1 Å². The van der Waals surface area contributed by atoms with Crippen molar-refractivity contribution in [1.29, 1.82) is 0 Å². The first-order valence-electron chi connectivity index (χ1n) is 5.43. The van der Waals surface area contributed by atoms with Crippen LogP contribution in [0.3, 0.4) is 0 Å². The number of aliphatic hydroxyl groups is 1. The number of carbonyl (C=O) groups excluding carboxylic acids is 1. The number of benzene rings is 1. The molecule has 0 radical (unpaired) electrons. The van der Waals surface area contributed by atoms with Crippen molar-refractivity contribution in [1.82, 2.24) is 0 Å². The maximum Gasteiger partial charge on any atom is 0.338 e. The second-order valence-corrected chi connectivity index (χ2v) is 4.02. The maximum atomic E-state index is 11.7. The van der Waals surface area contributed by atoms with Crippen molar-refractivity contribution in [2.75, 3.05) is 6.61 Å². The SMILES string of the molecule is Cc1cccc(C(=O)OCCC(C)O)c1C. The monoisotopic (exact) mass is 222 g/mol. The average molecular weight is 222 g/mol. The van der Waals surface area contributed by atoms with Gasteiger partial charge in [-0.2, -0.15) is 0 Å². The highest BCUT2D eigenvalue weighted by atomic mass is 16.5. The first-order valence-corrected chi connectivity index (χ1v) is 5.43. The van der Waals surface area contributed by atoms with Crippen molar-refractivity contribution in [3.8, 4) is 0 Å². The molecule has 0 amide bonds. The van der Waals surface area contributed by atoms with Gasteiger partial charge in [0.25, 0.3) is 0 Å². The number of aryl methyl sites for hydroxylation is 1. The zero-order valence-corrected chi connectivity index (χ0v) is 9.99. The number of hydrogen-bond donors (Lipinski definition) is 1. The molecule has 0 saturated heterocycles. The topological polar surface area (TPSA) is 46.5 Å². The van der Waals surface area contributed by atoms with Crippen LogP contribution < -0.4 is 0 Å². The zero-order chi connectivity index (χ0) is 12.1. The van der Waals surface area contributed by atoms with Gasteiger partial charge in [-0.15, -0.1) is 0 Å². The Morgan fingerprint density at radius 1 is 1.44 bits per heavy atom. The summed E-state index contributed by atoms with van der Waals surface area (Å²) in [5, 5.41) is 9.04. The van der Waals surface area contributed by atoms with Crippen molar-refractivity contribution in [3.05, 3.63) is 34.9 Å². The third kappa shape index (κ3) is 3.35. The lowest BCUT2D eigenvalue weighted by Crippen LogP contribution is -2.12. The molecular weight excluding hydrogens is 204 g/mol. The smallest absolute Gasteiger partial charge is 0.338 e. The predicted octanol–water partition coefficient (Wildman–Crippen LogP) is 2.23. The van der Waals surface area contributed by atoms with Crippen LogP contribution >= 0.6 is 0 Å². The summed E-state index contributed by atoms with van der Waals surface area (Å²) in [5.74, 6) is -0.318. The van der Waals surface area contributed by atoms with E-state index in [1.54, 1.807) is 13.0 Å². The van der Waals surface area contributed by atoms with Gasteiger partial charge in [-0.25, -0.2) is 4.79 Å². The minimum Gasteiger partial charge on any atom is -0.462 e. The van der Waals surface area contributed by atoms with Crippen LogP contribution in [0, 0.1) is 13.8 Å². The van der Waals surface area contributed by atoms with Crippen LogP contribution in [0.2, 0.25) is 0 Å². The number of carbonyl (C=O) groups is 1. The Bertz CT molecular complexity index is 369. The van der Waals surface area contributed by atoms with Gasteiger partial charge < -0.3 is 9.84 Å². The summed E-state index contributed by atoms with van der Waals surface area (Å²) in [5.41, 5.74) is 2.63. The third-order valence-electron chi connectivity index (χ3n) is 2.59. The maximum absolute atomic E-state index is 11.7. The van der Waals surface area contributed by atoms with Crippen molar-refractivity contribution in [2.45, 2.75) is 33.3 Å². The first kappa shape index (κ1) is 12.7. The van der Waals surface area contributed by atoms with E-state index in [2.05, 4.69) is 0 Å². The molecule has 88 valence electrons. The van der Waals surface area contributed by atoms with Crippen LogP contribution in [0.1, 0.15) is 34.8 Å². The van der Waals surface area contributed by atoms with E-state index in [1.165, 1.54) is 0 Å². The minimum absolute atomic E-state index is 0.254. The van der Waals surface area contributed by atoms with Crippen molar-refractivity contribution in [2.24, 2.45) is 0 Å². The van der Waals surface area contributed by atoms with E-state index in [4.69, 9.17) is 9.84 Å². The van der Waals surface area contributed by atoms with Crippen LogP contribution in [0.25, 0.3) is 0 Å². The second-order valence-electron chi connectivity index (χ2n) is 4.02. The number of rotatable bonds is 4. The van der Waals surface area contributed by atoms with Gasteiger partial charge in [-0.3, -0.25) is 0 Å². The standard InChI is InChI=1S/C13H18O3/c1-9-5-4-6-12(11(9)3)13(15)16-8-7-10(2)14/h4-6,10,14H,7-8H2,1-3H3. The number of hydrogen-bond acceptors (Lipinski definition) is 3. The summed E-state index contributed by atoms with van der Waals surface area (Å²) in [6.07, 6.45) is 0.0303. The fraction of sp³-hybridized carbons (Fsp3) is 0.462. The van der Waals surface area contributed by atoms with Gasteiger partial charge >= 0.3 is 5.97 Å². The molecule has 1 aromatic carbocycles. The molecule has 1 aromatic rings. The van der Waals surface area contributed by atoms with E-state index < -0.39 is 6.10 Å². The van der Waals surface area contributed by atoms with Crippen LogP contribution in [0.15, 0.2) is 18.2 Å². The quantitative estimate of drug-likeness (QED) is 0.795. The molecule has 0 aliphatic rings. The van der Waals surface area contributed by atoms with E-state index in [-0.39, 0.29) is 12.6 Å². The van der Waals surface area contributed by atoms with Gasteiger partial charge in [-0.05, 0) is 38.0 Å². The molecule has 1 unspecified atom stereocenters. The zero-order valence-electron chi connectivity index (χ0n) is 9.99. The second kappa shape index (κ2) is 5.66. The molecule has 1 atom stereocenters. The Balaban J connectivity index is 2.63. The Kier molecular flexibility index (Phi) is 4.50. The van der Waals surface area contributed by atoms with E-state index in [9.17, 15) is 4.79 Å². The highest BCUT2D eigenvalue weighted by Crippen LogP contribution is 2.13. The predicted molar refractivity (Wildman–Crippen MR) is 62.5 cm³/mol. The molecule has 0 fully saturated rings. The van der Waals surface area contributed by atoms with Crippen molar-refractivity contribution >= 4 is 5.97 Å². The summed E-state index contributed by atoms with van der Waals surface area (Å²) in [7, 11) is 0. The Labute approximate surface area is 96.1 Å². The fourth-order valence-corrected chi connectivity index (χ4v) is 1.37. The largest absolute Gasteiger partial charge is 0.462 e. The fourth-order valence-electron chi connectivity index (χ4n) is 1.37. The molecule has 0 aromatic heterocycles. The molecule has 16 heavy (non-hydrogen) atoms. The molecule has 1 rings (SSSR count). The Morgan fingerprint density at radius 3 is 2.75 bits per heavy atom. The molecular formula is C13H18O3. The van der Waals surface area contributed by atoms with Gasteiger partial charge in [0.2, 0.25) is 0 Å². The van der Waals surface area contributed by atoms with Crippen LogP contribution in [-0.2, 0) is 4.74 Å². The van der Waals surface area contributed by atoms with Crippen molar-refractivity contribution < 1.29 is 14.6 Å². The molecule has 0 heterocycles. The summed E-state index contributed by atoms with van der Waals surface area (Å²) in [4.78, 5) is 11.7. The molecule has 1 N–H and O–H groups in total. The van der Waals surface area contributed by atoms with Gasteiger partial charge in [0, 0.05) is 6.42 Å². The molecule has 0 aliphatic heterocycles. The average Bonchev–Trinajstić information content (AvgIpc) is 2.21. The summed E-state index contributed by atoms with van der Waals surface area (Å²) in [6.45, 7) is 5.79. The van der Waals surface area contributed by atoms with Crippen LogP contribution in [-0.4, -0.2) is 23.8 Å². The van der Waals surface area contributed by atoms with E-state index >= 15 is 0 Å². The van der Waals surface area contributed by atoms with Gasteiger partial charge in [0.15, 0.2) is 0 Å². The molecule has 0 aliphatic carbocycles.